The normalized spacial score (nSPS) is 42.7. The van der Waals surface area contributed by atoms with Gasteiger partial charge in [-0.3, -0.25) is 19.2 Å². The average Bonchev–Trinajstić information content (AvgIpc) is 3.57. The highest BCUT2D eigenvalue weighted by Gasteiger charge is 2.72. The number of rotatable bonds is 10. The third-order valence-electron chi connectivity index (χ3n) is 19.7. The Kier molecular flexibility index (Phi) is 11.7. The second-order valence-corrected chi connectivity index (χ2v) is 22.6. The molecule has 1 saturated heterocycles. The molecule has 1 heterocycles. The third kappa shape index (κ3) is 6.54. The molecule has 7 fully saturated rings. The monoisotopic (exact) mass is 806 g/mol. The van der Waals surface area contributed by atoms with Gasteiger partial charge in [0.05, 0.1) is 36.4 Å². The molecule has 0 aromatic rings. The lowest BCUT2D eigenvalue weighted by Crippen LogP contribution is -2.67. The summed E-state index contributed by atoms with van der Waals surface area (Å²) in [7, 11) is 0. The van der Waals surface area contributed by atoms with E-state index in [0.717, 1.165) is 64.2 Å². The quantitative estimate of drug-likeness (QED) is 0.0938. The Bertz CT molecular complexity index is 1630. The van der Waals surface area contributed by atoms with E-state index in [1.54, 1.807) is 0 Å². The molecule has 0 spiro atoms. The number of amides is 1. The van der Waals surface area contributed by atoms with Crippen LogP contribution in [0.2, 0.25) is 0 Å². The van der Waals surface area contributed by atoms with Crippen LogP contribution in [-0.2, 0) is 33.4 Å². The number of likely N-dealkylation sites (tertiary alicyclic amines) is 1. The molecule has 0 N–H and O–H groups in total. The zero-order valence-electron chi connectivity index (χ0n) is 38.1. The van der Waals surface area contributed by atoms with Crippen LogP contribution in [0.25, 0.3) is 0 Å². The highest BCUT2D eigenvalue weighted by molar-refractivity contribution is 5.85. The van der Waals surface area contributed by atoms with Gasteiger partial charge in [0.1, 0.15) is 6.10 Å². The lowest BCUT2D eigenvalue weighted by Gasteiger charge is -2.73. The Balaban J connectivity index is 1.07. The maximum Gasteiger partial charge on any atom is 0.309 e. The maximum atomic E-state index is 15.0. The summed E-state index contributed by atoms with van der Waals surface area (Å²) in [6.45, 7) is 29.5. The molecule has 6 saturated carbocycles. The zero-order chi connectivity index (χ0) is 42.2. The highest BCUT2D eigenvalue weighted by Crippen LogP contribution is 2.78. The minimum Gasteiger partial charge on any atom is -0.466 e. The molecule has 7 rings (SSSR count). The molecule has 1 amide bonds. The summed E-state index contributed by atoms with van der Waals surface area (Å²) in [5.41, 5.74) is 0.656. The molecule has 326 valence electrons. The Morgan fingerprint density at radius 1 is 0.690 bits per heavy atom. The van der Waals surface area contributed by atoms with Crippen molar-refractivity contribution in [2.24, 2.45) is 79.8 Å². The zero-order valence-corrected chi connectivity index (χ0v) is 38.1. The number of fused-ring (bicyclic) bond motifs is 7. The van der Waals surface area contributed by atoms with Crippen LogP contribution >= 0.6 is 0 Å². The number of unbranched alkanes of at least 4 members (excludes halogenated alkanes) is 1. The van der Waals surface area contributed by atoms with E-state index in [1.807, 2.05) is 20.8 Å². The fourth-order valence-corrected chi connectivity index (χ4v) is 16.0. The van der Waals surface area contributed by atoms with E-state index in [1.165, 1.54) is 18.4 Å². The van der Waals surface area contributed by atoms with Crippen molar-refractivity contribution in [2.45, 2.75) is 172 Å². The van der Waals surface area contributed by atoms with Gasteiger partial charge in [-0.1, -0.05) is 74.0 Å². The van der Waals surface area contributed by atoms with Crippen molar-refractivity contribution in [1.82, 2.24) is 4.90 Å². The second-order valence-electron chi connectivity index (χ2n) is 22.6. The molecule has 0 unspecified atom stereocenters. The van der Waals surface area contributed by atoms with Crippen molar-refractivity contribution in [1.29, 1.82) is 0 Å². The number of nitrogens with zero attached hydrogens (tertiary/aromatic N) is 1. The Morgan fingerprint density at radius 2 is 1.38 bits per heavy atom. The molecular formula is C50H79NO7. The molecule has 58 heavy (non-hydrogen) atoms. The predicted molar refractivity (Wildman–Crippen MR) is 226 cm³/mol. The number of allylic oxidation sites excluding steroid dienone is 1. The summed E-state index contributed by atoms with van der Waals surface area (Å²) in [5, 5.41) is 0. The standard InChI is InChI=1S/C50H79NO7/c1-12-14-29-57-42(53)35-30-36(45(35,5)6)43(54)58-39-19-22-47(9)37(46(39,7)8)18-23-49(11)38(47)16-15-34-40-33(31(3)4)17-24-50(40,26-25-48(34,49)10)44(55)51-27-20-32(21-28-51)41(52)56-13-2/h32-40H,3,12-30H2,1-2,4-11H3/t33-,34+,35-,36+,37-,38+,39-,40+,47-,48+,49+,50-/m0/s1. The fourth-order valence-electron chi connectivity index (χ4n) is 16.0. The number of hydrogen-bond acceptors (Lipinski definition) is 7. The van der Waals surface area contributed by atoms with Gasteiger partial charge in [0, 0.05) is 18.5 Å². The molecule has 0 aromatic heterocycles. The van der Waals surface area contributed by atoms with Crippen molar-refractivity contribution in [3.05, 3.63) is 12.2 Å². The number of piperidine rings is 1. The molecule has 0 aromatic carbocycles. The summed E-state index contributed by atoms with van der Waals surface area (Å²) in [4.78, 5) is 56.5. The number of carbonyl (C=O) groups is 4. The van der Waals surface area contributed by atoms with E-state index in [0.29, 0.717) is 81.1 Å². The summed E-state index contributed by atoms with van der Waals surface area (Å²) >= 11 is 0. The van der Waals surface area contributed by atoms with Crippen LogP contribution in [0.1, 0.15) is 166 Å². The highest BCUT2D eigenvalue weighted by atomic mass is 16.5. The van der Waals surface area contributed by atoms with Crippen molar-refractivity contribution >= 4 is 23.8 Å². The summed E-state index contributed by atoms with van der Waals surface area (Å²) < 4.78 is 17.5. The molecule has 7 aliphatic rings. The first-order valence-electron chi connectivity index (χ1n) is 23.7. The van der Waals surface area contributed by atoms with Gasteiger partial charge < -0.3 is 19.1 Å². The first-order chi connectivity index (χ1) is 27.2. The van der Waals surface area contributed by atoms with Gasteiger partial charge in [-0.15, -0.1) is 0 Å². The topological polar surface area (TPSA) is 99.2 Å². The van der Waals surface area contributed by atoms with E-state index in [9.17, 15) is 14.4 Å². The van der Waals surface area contributed by atoms with Crippen molar-refractivity contribution in [2.75, 3.05) is 26.3 Å². The van der Waals surface area contributed by atoms with Crippen molar-refractivity contribution < 1.29 is 33.4 Å². The number of hydrogen-bond donors (Lipinski definition) is 0. The summed E-state index contributed by atoms with van der Waals surface area (Å²) in [5.74, 6) is 1.44. The molecular weight excluding hydrogens is 727 g/mol. The first-order valence-corrected chi connectivity index (χ1v) is 23.7. The lowest BCUT2D eigenvalue weighted by molar-refractivity contribution is -0.251. The van der Waals surface area contributed by atoms with Crippen LogP contribution in [0.5, 0.6) is 0 Å². The van der Waals surface area contributed by atoms with Crippen LogP contribution in [-0.4, -0.2) is 61.1 Å². The van der Waals surface area contributed by atoms with Crippen LogP contribution in [0.4, 0.5) is 0 Å². The molecule has 6 aliphatic carbocycles. The minimum absolute atomic E-state index is 0.104. The maximum absolute atomic E-state index is 15.0. The predicted octanol–water partition coefficient (Wildman–Crippen LogP) is 10.4. The number of ether oxygens (including phenoxy) is 3. The molecule has 0 bridgehead atoms. The molecule has 12 atom stereocenters. The van der Waals surface area contributed by atoms with Crippen molar-refractivity contribution in [3.63, 3.8) is 0 Å². The van der Waals surface area contributed by atoms with Crippen molar-refractivity contribution in [3.8, 4) is 0 Å². The van der Waals surface area contributed by atoms with Crippen LogP contribution in [0, 0.1) is 79.8 Å². The molecule has 1 aliphatic heterocycles. The third-order valence-corrected chi connectivity index (χ3v) is 19.7. The van der Waals surface area contributed by atoms with E-state index < -0.39 is 5.41 Å². The van der Waals surface area contributed by atoms with E-state index in [2.05, 4.69) is 59.9 Å². The van der Waals surface area contributed by atoms with Gasteiger partial charge in [-0.25, -0.2) is 0 Å². The summed E-state index contributed by atoms with van der Waals surface area (Å²) in [6, 6.07) is 0. The smallest absolute Gasteiger partial charge is 0.309 e. The van der Waals surface area contributed by atoms with Gasteiger partial charge in [0.15, 0.2) is 0 Å². The SMILES string of the molecule is C=C(C)[C@@H]1CC[C@]2(C(=O)N3CCC(C(=O)OCC)CC3)CC[C@]3(C)[C@H](CC[C@@H]4[C@@]5(C)CC[C@H](OC(=O)[C@H]6C[C@@H](C(=O)OCCCC)C6(C)C)C(C)(C)[C@@H]5CC[C@]43C)[C@@H]12. The van der Waals surface area contributed by atoms with Crippen LogP contribution in [0.3, 0.4) is 0 Å². The first kappa shape index (κ1) is 43.7. The summed E-state index contributed by atoms with van der Waals surface area (Å²) in [6.07, 6.45) is 14.2. The minimum atomic E-state index is -0.472. The van der Waals surface area contributed by atoms with Gasteiger partial charge in [0.2, 0.25) is 5.91 Å². The van der Waals surface area contributed by atoms with E-state index >= 15 is 4.79 Å². The number of esters is 3. The number of carbonyl (C=O) groups excluding carboxylic acids is 4. The van der Waals surface area contributed by atoms with Gasteiger partial charge in [0.25, 0.3) is 0 Å². The van der Waals surface area contributed by atoms with Gasteiger partial charge in [-0.2, -0.15) is 0 Å². The average molecular weight is 806 g/mol. The Hall–Kier alpha value is -2.38. The Labute approximate surface area is 351 Å². The Morgan fingerprint density at radius 3 is 2.02 bits per heavy atom. The molecule has 0 radical (unpaired) electrons. The second kappa shape index (κ2) is 15.5. The molecule has 8 nitrogen and oxygen atoms in total. The van der Waals surface area contributed by atoms with E-state index in [-0.39, 0.29) is 68.8 Å². The van der Waals surface area contributed by atoms with Crippen LogP contribution < -0.4 is 0 Å². The largest absolute Gasteiger partial charge is 0.466 e. The fraction of sp³-hybridized carbons (Fsp3) is 0.880. The van der Waals surface area contributed by atoms with Gasteiger partial charge in [-0.05, 0) is 155 Å². The van der Waals surface area contributed by atoms with E-state index in [4.69, 9.17) is 14.2 Å². The lowest BCUT2D eigenvalue weighted by atomic mass is 9.32. The van der Waals surface area contributed by atoms with Gasteiger partial charge >= 0.3 is 17.9 Å². The van der Waals surface area contributed by atoms with Crippen LogP contribution in [0.15, 0.2) is 12.2 Å². The molecule has 8 heteroatoms.